The molecule has 1 aliphatic rings. The summed E-state index contributed by atoms with van der Waals surface area (Å²) in [4.78, 5) is 15.8. The Morgan fingerprint density at radius 3 is 3.25 bits per heavy atom. The molecule has 1 aromatic carbocycles. The Morgan fingerprint density at radius 2 is 2.40 bits per heavy atom. The molecule has 2 heterocycles. The van der Waals surface area contributed by atoms with Crippen molar-refractivity contribution < 1.29 is 4.79 Å². The average Bonchev–Trinajstić information content (AvgIpc) is 2.94. The van der Waals surface area contributed by atoms with Crippen molar-refractivity contribution in [2.24, 2.45) is 0 Å². The van der Waals surface area contributed by atoms with E-state index in [1.165, 1.54) is 11.3 Å². The van der Waals surface area contributed by atoms with Crippen molar-refractivity contribution in [3.8, 4) is 11.3 Å². The molecule has 0 bridgehead atoms. The summed E-state index contributed by atoms with van der Waals surface area (Å²) in [5.74, 6) is -0.0259. The molecule has 0 saturated heterocycles. The van der Waals surface area contributed by atoms with E-state index in [4.69, 9.17) is 0 Å². The van der Waals surface area contributed by atoms with Crippen molar-refractivity contribution in [1.82, 2.24) is 14.9 Å². The third-order valence-electron chi connectivity index (χ3n) is 3.66. The van der Waals surface area contributed by atoms with Gasteiger partial charge in [-0.2, -0.15) is 0 Å². The number of hydrogen-bond acceptors (Lipinski definition) is 3. The number of benzene rings is 1. The number of anilines is 1. The number of aryl methyl sites for hydroxylation is 1. The van der Waals surface area contributed by atoms with Crippen molar-refractivity contribution in [2.45, 2.75) is 19.4 Å². The summed E-state index contributed by atoms with van der Waals surface area (Å²) >= 11 is 0. The first kappa shape index (κ1) is 12.7. The number of fused-ring (bicyclic) bond motifs is 1. The van der Waals surface area contributed by atoms with Crippen LogP contribution in [0.5, 0.6) is 0 Å². The number of amides is 1. The highest BCUT2D eigenvalue weighted by molar-refractivity contribution is 5.81. The van der Waals surface area contributed by atoms with Crippen LogP contribution in [0.4, 0.5) is 5.69 Å². The zero-order valence-electron chi connectivity index (χ0n) is 11.5. The summed E-state index contributed by atoms with van der Waals surface area (Å²) in [6.45, 7) is 1.28. The molecule has 0 radical (unpaired) electrons. The maximum Gasteiger partial charge on any atom is 0.239 e. The molecule has 0 aliphatic carbocycles. The number of nitrogens with zero attached hydrogens (tertiary/aromatic N) is 2. The van der Waals surface area contributed by atoms with Crippen LogP contribution in [0, 0.1) is 0 Å². The quantitative estimate of drug-likeness (QED) is 0.891. The second kappa shape index (κ2) is 5.36. The van der Waals surface area contributed by atoms with E-state index in [1.807, 2.05) is 10.8 Å². The van der Waals surface area contributed by atoms with Crippen LogP contribution in [0.25, 0.3) is 11.3 Å². The summed E-state index contributed by atoms with van der Waals surface area (Å²) < 4.78 is 1.88. The smallest absolute Gasteiger partial charge is 0.239 e. The molecule has 5 nitrogen and oxygen atoms in total. The van der Waals surface area contributed by atoms with Gasteiger partial charge in [0.25, 0.3) is 0 Å². The van der Waals surface area contributed by atoms with Gasteiger partial charge < -0.3 is 15.2 Å². The SMILES string of the molecule is CNC(=O)Cn1cncc1-c1cccc2c1NCCC2. The molecule has 0 fully saturated rings. The van der Waals surface area contributed by atoms with Gasteiger partial charge in [0, 0.05) is 24.8 Å². The fourth-order valence-corrected chi connectivity index (χ4v) is 2.63. The summed E-state index contributed by atoms with van der Waals surface area (Å²) in [6, 6.07) is 6.30. The summed E-state index contributed by atoms with van der Waals surface area (Å²) in [6.07, 6.45) is 5.77. The first-order chi connectivity index (χ1) is 9.79. The molecule has 0 spiro atoms. The molecule has 0 unspecified atom stereocenters. The van der Waals surface area contributed by atoms with Crippen LogP contribution >= 0.6 is 0 Å². The normalized spacial score (nSPS) is 13.4. The lowest BCUT2D eigenvalue weighted by Crippen LogP contribution is -2.23. The van der Waals surface area contributed by atoms with Crippen LogP contribution in [-0.4, -0.2) is 29.1 Å². The highest BCUT2D eigenvalue weighted by Crippen LogP contribution is 2.33. The Bertz CT molecular complexity index is 633. The maximum atomic E-state index is 11.6. The summed E-state index contributed by atoms with van der Waals surface area (Å²) in [5, 5.41) is 6.11. The number of nitrogens with one attached hydrogen (secondary N) is 2. The molecule has 2 N–H and O–H groups in total. The monoisotopic (exact) mass is 270 g/mol. The van der Waals surface area contributed by atoms with E-state index >= 15 is 0 Å². The molecule has 0 saturated carbocycles. The predicted molar refractivity (Wildman–Crippen MR) is 78.5 cm³/mol. The number of likely N-dealkylation sites (N-methyl/N-ethyl adjacent to an activating group) is 1. The van der Waals surface area contributed by atoms with E-state index in [2.05, 4.69) is 33.8 Å². The number of hydrogen-bond donors (Lipinski definition) is 2. The topological polar surface area (TPSA) is 59.0 Å². The van der Waals surface area contributed by atoms with Gasteiger partial charge in [-0.05, 0) is 18.4 Å². The molecule has 104 valence electrons. The minimum absolute atomic E-state index is 0.0259. The van der Waals surface area contributed by atoms with Crippen LogP contribution in [0.15, 0.2) is 30.7 Å². The Balaban J connectivity index is 2.02. The van der Waals surface area contributed by atoms with E-state index in [0.717, 1.165) is 30.6 Å². The minimum Gasteiger partial charge on any atom is -0.384 e. The predicted octanol–water partition coefficient (Wildman–Crippen LogP) is 1.65. The minimum atomic E-state index is -0.0259. The number of imidazole rings is 1. The highest BCUT2D eigenvalue weighted by atomic mass is 16.1. The highest BCUT2D eigenvalue weighted by Gasteiger charge is 2.16. The van der Waals surface area contributed by atoms with E-state index in [9.17, 15) is 4.79 Å². The first-order valence-corrected chi connectivity index (χ1v) is 6.86. The lowest BCUT2D eigenvalue weighted by Gasteiger charge is -2.21. The second-order valence-corrected chi connectivity index (χ2v) is 4.95. The van der Waals surface area contributed by atoms with Gasteiger partial charge in [-0.1, -0.05) is 18.2 Å². The fourth-order valence-electron chi connectivity index (χ4n) is 2.63. The molecule has 1 aliphatic heterocycles. The number of para-hydroxylation sites is 1. The van der Waals surface area contributed by atoms with Gasteiger partial charge in [0.05, 0.1) is 18.2 Å². The number of carbonyl (C=O) groups excluding carboxylic acids is 1. The Morgan fingerprint density at radius 1 is 1.50 bits per heavy atom. The Kier molecular flexibility index (Phi) is 3.41. The summed E-state index contributed by atoms with van der Waals surface area (Å²) in [7, 11) is 1.64. The number of carbonyl (C=O) groups is 1. The van der Waals surface area contributed by atoms with Crippen molar-refractivity contribution in [3.05, 3.63) is 36.3 Å². The molecule has 3 rings (SSSR count). The number of rotatable bonds is 3. The van der Waals surface area contributed by atoms with Crippen LogP contribution in [-0.2, 0) is 17.8 Å². The van der Waals surface area contributed by atoms with E-state index in [-0.39, 0.29) is 12.5 Å². The largest absolute Gasteiger partial charge is 0.384 e. The lowest BCUT2D eigenvalue weighted by atomic mass is 9.98. The van der Waals surface area contributed by atoms with Crippen molar-refractivity contribution in [2.75, 3.05) is 18.9 Å². The molecule has 5 heteroatoms. The van der Waals surface area contributed by atoms with Gasteiger partial charge in [0.1, 0.15) is 6.54 Å². The third kappa shape index (κ3) is 2.27. The fraction of sp³-hybridized carbons (Fsp3) is 0.333. The van der Waals surface area contributed by atoms with Crippen molar-refractivity contribution >= 4 is 11.6 Å². The van der Waals surface area contributed by atoms with Gasteiger partial charge >= 0.3 is 0 Å². The zero-order chi connectivity index (χ0) is 13.9. The third-order valence-corrected chi connectivity index (χ3v) is 3.66. The van der Waals surface area contributed by atoms with Gasteiger partial charge in [0.15, 0.2) is 0 Å². The molecule has 2 aromatic rings. The number of aromatic nitrogens is 2. The van der Waals surface area contributed by atoms with Crippen molar-refractivity contribution in [1.29, 1.82) is 0 Å². The Hall–Kier alpha value is -2.30. The summed E-state index contributed by atoms with van der Waals surface area (Å²) in [5.41, 5.74) is 4.60. The van der Waals surface area contributed by atoms with Crippen molar-refractivity contribution in [3.63, 3.8) is 0 Å². The van der Waals surface area contributed by atoms with Crippen LogP contribution in [0.3, 0.4) is 0 Å². The lowest BCUT2D eigenvalue weighted by molar-refractivity contribution is -0.121. The molecular formula is C15H18N4O. The maximum absolute atomic E-state index is 11.6. The van der Waals surface area contributed by atoms with Gasteiger partial charge in [0.2, 0.25) is 5.91 Å². The molecule has 1 aromatic heterocycles. The molecule has 20 heavy (non-hydrogen) atoms. The van der Waals surface area contributed by atoms with Gasteiger partial charge in [-0.25, -0.2) is 4.98 Å². The van der Waals surface area contributed by atoms with Crippen LogP contribution in [0.1, 0.15) is 12.0 Å². The van der Waals surface area contributed by atoms with E-state index in [1.54, 1.807) is 13.4 Å². The molecule has 0 atom stereocenters. The van der Waals surface area contributed by atoms with Gasteiger partial charge in [-0.15, -0.1) is 0 Å². The van der Waals surface area contributed by atoms with E-state index < -0.39 is 0 Å². The zero-order valence-corrected chi connectivity index (χ0v) is 11.5. The standard InChI is InChI=1S/C15H18N4O/c1-16-14(20)9-19-10-17-8-13(19)12-6-2-4-11-5-3-7-18-15(11)12/h2,4,6,8,10,18H,3,5,7,9H2,1H3,(H,16,20). The molecule has 1 amide bonds. The average molecular weight is 270 g/mol. The molecular weight excluding hydrogens is 252 g/mol. The van der Waals surface area contributed by atoms with E-state index in [0.29, 0.717) is 0 Å². The van der Waals surface area contributed by atoms with Crippen LogP contribution < -0.4 is 10.6 Å². The van der Waals surface area contributed by atoms with Crippen LogP contribution in [0.2, 0.25) is 0 Å². The Labute approximate surface area is 118 Å². The first-order valence-electron chi connectivity index (χ1n) is 6.86. The second-order valence-electron chi connectivity index (χ2n) is 4.95. The van der Waals surface area contributed by atoms with Gasteiger partial charge in [-0.3, -0.25) is 4.79 Å².